The van der Waals surface area contributed by atoms with Crippen molar-refractivity contribution in [2.45, 2.75) is 0 Å². The summed E-state index contributed by atoms with van der Waals surface area (Å²) < 4.78 is 0. The van der Waals surface area contributed by atoms with Crippen molar-refractivity contribution in [2.75, 3.05) is 23.7 Å². The number of carbonyl (C=O) groups is 2. The molecule has 1 aliphatic heterocycles. The number of anilines is 2. The third-order valence-corrected chi connectivity index (χ3v) is 2.26. The van der Waals surface area contributed by atoms with Crippen molar-refractivity contribution in [2.24, 2.45) is 0 Å². The van der Waals surface area contributed by atoms with Crippen molar-refractivity contribution >= 4 is 35.2 Å². The maximum Gasteiger partial charge on any atom is 0.246 e. The van der Waals surface area contributed by atoms with Crippen LogP contribution in [0.25, 0.3) is 0 Å². The number of piperazine rings is 1. The normalized spacial score (nSPS) is 16.2. The molecular formula is C8H8ClN5O2. The summed E-state index contributed by atoms with van der Waals surface area (Å²) in [5.74, 6) is -0.468. The third kappa shape index (κ3) is 2.03. The van der Waals surface area contributed by atoms with Crippen LogP contribution in [-0.4, -0.2) is 34.9 Å². The highest BCUT2D eigenvalue weighted by molar-refractivity contribution is 6.33. The molecule has 2 rings (SSSR count). The van der Waals surface area contributed by atoms with Crippen molar-refractivity contribution in [3.05, 3.63) is 11.2 Å². The van der Waals surface area contributed by atoms with Crippen molar-refractivity contribution < 1.29 is 9.59 Å². The fourth-order valence-electron chi connectivity index (χ4n) is 1.38. The lowest BCUT2D eigenvalue weighted by Crippen LogP contribution is -2.51. The molecule has 0 aliphatic carbocycles. The number of nitrogen functional groups attached to an aromatic ring is 1. The van der Waals surface area contributed by atoms with Crippen LogP contribution in [-0.2, 0) is 9.59 Å². The minimum Gasteiger partial charge on any atom is -0.368 e. The van der Waals surface area contributed by atoms with E-state index in [0.717, 1.165) is 0 Å². The van der Waals surface area contributed by atoms with E-state index in [4.69, 9.17) is 17.3 Å². The second-order valence-corrected chi connectivity index (χ2v) is 3.63. The van der Waals surface area contributed by atoms with Gasteiger partial charge in [0.2, 0.25) is 17.8 Å². The Labute approximate surface area is 95.6 Å². The van der Waals surface area contributed by atoms with Gasteiger partial charge in [-0.15, -0.1) is 0 Å². The first-order chi connectivity index (χ1) is 7.56. The molecule has 8 heteroatoms. The Morgan fingerprint density at radius 1 is 1.38 bits per heavy atom. The first kappa shape index (κ1) is 10.6. The number of nitrogens with zero attached hydrogens (tertiary/aromatic N) is 3. The maximum absolute atomic E-state index is 11.2. The van der Waals surface area contributed by atoms with Crippen LogP contribution in [0.5, 0.6) is 0 Å². The number of amides is 2. The number of nitrogens with one attached hydrogen (secondary N) is 1. The van der Waals surface area contributed by atoms with Crippen molar-refractivity contribution in [3.63, 3.8) is 0 Å². The van der Waals surface area contributed by atoms with Crippen LogP contribution in [0.4, 0.5) is 11.8 Å². The zero-order valence-electron chi connectivity index (χ0n) is 8.11. The molecule has 1 aliphatic rings. The first-order valence-electron chi connectivity index (χ1n) is 4.42. The van der Waals surface area contributed by atoms with E-state index in [0.29, 0.717) is 0 Å². The van der Waals surface area contributed by atoms with Gasteiger partial charge in [-0.05, 0) is 0 Å². The number of halogens is 1. The summed E-state index contributed by atoms with van der Waals surface area (Å²) in [7, 11) is 0. The molecule has 2 amide bonds. The zero-order chi connectivity index (χ0) is 11.7. The van der Waals surface area contributed by atoms with Gasteiger partial charge in [0.05, 0.1) is 19.3 Å². The second kappa shape index (κ2) is 3.93. The van der Waals surface area contributed by atoms with Crippen molar-refractivity contribution in [1.29, 1.82) is 0 Å². The van der Waals surface area contributed by atoms with Gasteiger partial charge in [-0.2, -0.15) is 4.98 Å². The Morgan fingerprint density at radius 2 is 2.00 bits per heavy atom. The maximum atomic E-state index is 11.2. The standard InChI is InChI=1S/C8H8ClN5O2/c9-4-1-11-8(10)13-7(4)14-2-5(15)12-6(16)3-14/h1H,2-3H2,(H2,10,11,13)(H,12,15,16). The monoisotopic (exact) mass is 241 g/mol. The van der Waals surface area contributed by atoms with Crippen LogP contribution < -0.4 is 16.0 Å². The largest absolute Gasteiger partial charge is 0.368 e. The summed E-state index contributed by atoms with van der Waals surface area (Å²) in [6.45, 7) is 0.0316. The summed E-state index contributed by atoms with van der Waals surface area (Å²) >= 11 is 5.86. The average Bonchev–Trinajstić information content (AvgIpc) is 2.20. The van der Waals surface area contributed by atoms with Gasteiger partial charge < -0.3 is 10.6 Å². The number of imide groups is 1. The minimum absolute atomic E-state index is 0.0158. The van der Waals surface area contributed by atoms with Gasteiger partial charge in [0, 0.05) is 0 Å². The molecule has 3 N–H and O–H groups in total. The van der Waals surface area contributed by atoms with Crippen LogP contribution in [0.15, 0.2) is 6.20 Å². The highest BCUT2D eigenvalue weighted by Gasteiger charge is 2.25. The minimum atomic E-state index is -0.399. The molecule has 0 bridgehead atoms. The predicted octanol–water partition coefficient (Wildman–Crippen LogP) is -0.825. The summed E-state index contributed by atoms with van der Waals surface area (Å²) in [4.78, 5) is 31.4. The van der Waals surface area contributed by atoms with Gasteiger partial charge in [-0.25, -0.2) is 4.98 Å². The van der Waals surface area contributed by atoms with Crippen LogP contribution in [0.3, 0.4) is 0 Å². The second-order valence-electron chi connectivity index (χ2n) is 3.23. The van der Waals surface area contributed by atoms with E-state index in [1.165, 1.54) is 11.1 Å². The van der Waals surface area contributed by atoms with Gasteiger partial charge in [-0.3, -0.25) is 14.9 Å². The fourth-order valence-corrected chi connectivity index (χ4v) is 1.59. The molecule has 1 fully saturated rings. The lowest BCUT2D eigenvalue weighted by atomic mass is 10.3. The Morgan fingerprint density at radius 3 is 2.62 bits per heavy atom. The number of nitrogens with two attached hydrogens (primary N) is 1. The smallest absolute Gasteiger partial charge is 0.246 e. The first-order valence-corrected chi connectivity index (χ1v) is 4.79. The number of hydrogen-bond acceptors (Lipinski definition) is 6. The SMILES string of the molecule is Nc1ncc(Cl)c(N2CC(=O)NC(=O)C2)n1. The summed E-state index contributed by atoms with van der Waals surface area (Å²) in [5.41, 5.74) is 5.41. The molecule has 0 aromatic carbocycles. The van der Waals surface area contributed by atoms with Crippen molar-refractivity contribution in [1.82, 2.24) is 15.3 Å². The van der Waals surface area contributed by atoms with Gasteiger partial charge in [0.25, 0.3) is 0 Å². The molecule has 0 radical (unpaired) electrons. The molecule has 7 nitrogen and oxygen atoms in total. The highest BCUT2D eigenvalue weighted by Crippen LogP contribution is 2.23. The van der Waals surface area contributed by atoms with E-state index in [1.54, 1.807) is 0 Å². The van der Waals surface area contributed by atoms with E-state index in [1.807, 2.05) is 0 Å². The average molecular weight is 242 g/mol. The van der Waals surface area contributed by atoms with Crippen LogP contribution in [0.1, 0.15) is 0 Å². The Balaban J connectivity index is 2.32. The van der Waals surface area contributed by atoms with E-state index < -0.39 is 11.8 Å². The quantitative estimate of drug-likeness (QED) is 0.623. The molecule has 1 saturated heterocycles. The Bertz CT molecular complexity index is 448. The fraction of sp³-hybridized carbons (Fsp3) is 0.250. The molecule has 1 aromatic rings. The van der Waals surface area contributed by atoms with Crippen LogP contribution >= 0.6 is 11.6 Å². The molecule has 0 saturated carbocycles. The van der Waals surface area contributed by atoms with E-state index >= 15 is 0 Å². The van der Waals surface area contributed by atoms with Gasteiger partial charge in [0.15, 0.2) is 5.82 Å². The third-order valence-electron chi connectivity index (χ3n) is 1.99. The van der Waals surface area contributed by atoms with E-state index in [9.17, 15) is 9.59 Å². The van der Waals surface area contributed by atoms with Gasteiger partial charge in [-0.1, -0.05) is 11.6 Å². The highest BCUT2D eigenvalue weighted by atomic mass is 35.5. The van der Waals surface area contributed by atoms with Gasteiger partial charge in [0.1, 0.15) is 5.02 Å². The molecule has 0 spiro atoms. The molecule has 0 atom stereocenters. The topological polar surface area (TPSA) is 101 Å². The molecule has 2 heterocycles. The number of rotatable bonds is 1. The van der Waals surface area contributed by atoms with E-state index in [2.05, 4.69) is 15.3 Å². The summed E-state index contributed by atoms with van der Waals surface area (Å²) in [6.07, 6.45) is 1.33. The van der Waals surface area contributed by atoms with E-state index in [-0.39, 0.29) is 29.9 Å². The Kier molecular flexibility index (Phi) is 2.61. The lowest BCUT2D eigenvalue weighted by molar-refractivity contribution is -0.130. The summed E-state index contributed by atoms with van der Waals surface area (Å²) in [6, 6.07) is 0. The lowest BCUT2D eigenvalue weighted by Gasteiger charge is -2.26. The molecule has 16 heavy (non-hydrogen) atoms. The van der Waals surface area contributed by atoms with Gasteiger partial charge >= 0.3 is 0 Å². The number of carbonyl (C=O) groups excluding carboxylic acids is 2. The molecule has 0 unspecified atom stereocenters. The number of aromatic nitrogens is 2. The molecular weight excluding hydrogens is 234 g/mol. The Hall–Kier alpha value is -1.89. The number of hydrogen-bond donors (Lipinski definition) is 2. The molecule has 84 valence electrons. The predicted molar refractivity (Wildman–Crippen MR) is 56.8 cm³/mol. The van der Waals surface area contributed by atoms with Crippen molar-refractivity contribution in [3.8, 4) is 0 Å². The molecule has 1 aromatic heterocycles. The van der Waals surface area contributed by atoms with Crippen LogP contribution in [0.2, 0.25) is 5.02 Å². The van der Waals surface area contributed by atoms with Crippen LogP contribution in [0, 0.1) is 0 Å². The summed E-state index contributed by atoms with van der Waals surface area (Å²) in [5, 5.41) is 2.42. The zero-order valence-corrected chi connectivity index (χ0v) is 8.86.